The fourth-order valence-electron chi connectivity index (χ4n) is 1.87. The van der Waals surface area contributed by atoms with E-state index in [9.17, 15) is 4.79 Å². The zero-order valence-electron chi connectivity index (χ0n) is 9.49. The van der Waals surface area contributed by atoms with E-state index in [1.54, 1.807) is 6.33 Å². The Morgan fingerprint density at radius 2 is 2.28 bits per heavy atom. The molecule has 18 heavy (non-hydrogen) atoms. The minimum Gasteiger partial charge on any atom is -0.475 e. The van der Waals surface area contributed by atoms with E-state index in [4.69, 9.17) is 9.63 Å². The van der Waals surface area contributed by atoms with Crippen molar-refractivity contribution in [2.75, 3.05) is 0 Å². The van der Waals surface area contributed by atoms with Crippen molar-refractivity contribution in [1.29, 1.82) is 0 Å². The maximum atomic E-state index is 10.8. The summed E-state index contributed by atoms with van der Waals surface area (Å²) >= 11 is 0. The Morgan fingerprint density at radius 3 is 3.00 bits per heavy atom. The number of carboxylic acids is 1. The normalized spacial score (nSPS) is 10.9. The summed E-state index contributed by atoms with van der Waals surface area (Å²) in [5.41, 5.74) is 2.94. The maximum absolute atomic E-state index is 10.8. The van der Waals surface area contributed by atoms with Crippen molar-refractivity contribution >= 4 is 17.0 Å². The number of aryl methyl sites for hydroxylation is 1. The molecule has 2 heterocycles. The number of para-hydroxylation sites is 1. The number of nitrogens with zero attached hydrogens (tertiary/aromatic N) is 3. The van der Waals surface area contributed by atoms with Crippen LogP contribution in [0.5, 0.6) is 0 Å². The van der Waals surface area contributed by atoms with Crippen molar-refractivity contribution in [3.05, 3.63) is 36.4 Å². The van der Waals surface area contributed by atoms with Gasteiger partial charge < -0.3 is 14.2 Å². The van der Waals surface area contributed by atoms with Gasteiger partial charge in [-0.3, -0.25) is 0 Å². The maximum Gasteiger partial charge on any atom is 0.374 e. The van der Waals surface area contributed by atoms with Crippen molar-refractivity contribution in [1.82, 2.24) is 14.7 Å². The number of aromatic carboxylic acids is 1. The lowest BCUT2D eigenvalue weighted by atomic mass is 10.1. The van der Waals surface area contributed by atoms with E-state index >= 15 is 0 Å². The molecule has 0 saturated heterocycles. The quantitative estimate of drug-likeness (QED) is 0.743. The van der Waals surface area contributed by atoms with Crippen LogP contribution >= 0.6 is 0 Å². The van der Waals surface area contributed by atoms with Crippen LogP contribution in [0.25, 0.3) is 22.3 Å². The second-order valence-corrected chi connectivity index (χ2v) is 3.91. The fourth-order valence-corrected chi connectivity index (χ4v) is 1.87. The molecule has 6 heteroatoms. The smallest absolute Gasteiger partial charge is 0.374 e. The van der Waals surface area contributed by atoms with Gasteiger partial charge in [-0.2, -0.15) is 0 Å². The molecule has 0 unspecified atom stereocenters. The van der Waals surface area contributed by atoms with E-state index in [0.29, 0.717) is 5.69 Å². The summed E-state index contributed by atoms with van der Waals surface area (Å²) in [5, 5.41) is 12.6. The third-order valence-corrected chi connectivity index (χ3v) is 2.75. The highest BCUT2D eigenvalue weighted by Gasteiger charge is 2.15. The number of hydrogen-bond acceptors (Lipinski definition) is 4. The molecule has 1 aromatic carbocycles. The van der Waals surface area contributed by atoms with Gasteiger partial charge in [0.05, 0.1) is 17.4 Å². The van der Waals surface area contributed by atoms with Gasteiger partial charge >= 0.3 is 5.97 Å². The molecule has 0 aliphatic carbocycles. The van der Waals surface area contributed by atoms with Crippen LogP contribution in [0.15, 0.2) is 35.1 Å². The molecule has 6 nitrogen and oxygen atoms in total. The first-order valence-corrected chi connectivity index (χ1v) is 5.27. The van der Waals surface area contributed by atoms with E-state index in [1.165, 1.54) is 6.07 Å². The van der Waals surface area contributed by atoms with Gasteiger partial charge in [0.2, 0.25) is 5.76 Å². The summed E-state index contributed by atoms with van der Waals surface area (Å²) in [6.45, 7) is 0. The SMILES string of the molecule is Cn1cnc2c(-c3cc(C(=O)O)on3)cccc21. The Labute approximate surface area is 101 Å². The summed E-state index contributed by atoms with van der Waals surface area (Å²) < 4.78 is 6.64. The zero-order valence-corrected chi connectivity index (χ0v) is 9.49. The van der Waals surface area contributed by atoms with E-state index in [2.05, 4.69) is 10.1 Å². The predicted octanol–water partition coefficient (Wildman–Crippen LogP) is 1.93. The van der Waals surface area contributed by atoms with Crippen LogP contribution in [0, 0.1) is 0 Å². The Hall–Kier alpha value is -2.63. The largest absolute Gasteiger partial charge is 0.475 e. The summed E-state index contributed by atoms with van der Waals surface area (Å²) in [5.74, 6) is -1.32. The number of carboxylic acid groups (broad SMARTS) is 1. The topological polar surface area (TPSA) is 81.2 Å². The number of carbonyl (C=O) groups is 1. The molecule has 1 N–H and O–H groups in total. The molecule has 0 spiro atoms. The van der Waals surface area contributed by atoms with Gasteiger partial charge in [0.1, 0.15) is 5.69 Å². The Bertz CT molecular complexity index is 742. The molecule has 0 aliphatic rings. The lowest BCUT2D eigenvalue weighted by Crippen LogP contribution is -1.91. The van der Waals surface area contributed by atoms with Crippen molar-refractivity contribution in [2.45, 2.75) is 0 Å². The van der Waals surface area contributed by atoms with Crippen LogP contribution in [0.3, 0.4) is 0 Å². The molecule has 2 aromatic heterocycles. The number of hydrogen-bond donors (Lipinski definition) is 1. The van der Waals surface area contributed by atoms with Gasteiger partial charge in [-0.15, -0.1) is 0 Å². The van der Waals surface area contributed by atoms with Crippen LogP contribution in [0.2, 0.25) is 0 Å². The van der Waals surface area contributed by atoms with E-state index in [1.807, 2.05) is 29.8 Å². The number of fused-ring (bicyclic) bond motifs is 1. The average Bonchev–Trinajstić information content (AvgIpc) is 2.97. The first-order chi connectivity index (χ1) is 8.66. The van der Waals surface area contributed by atoms with E-state index < -0.39 is 5.97 Å². The molecule has 0 aliphatic heterocycles. The van der Waals surface area contributed by atoms with Gasteiger partial charge in [-0.1, -0.05) is 17.3 Å². The van der Waals surface area contributed by atoms with Crippen LogP contribution in [0.1, 0.15) is 10.6 Å². The molecule has 3 rings (SSSR count). The molecule has 0 bridgehead atoms. The van der Waals surface area contributed by atoms with Gasteiger partial charge in [0.25, 0.3) is 0 Å². The first-order valence-electron chi connectivity index (χ1n) is 5.27. The highest BCUT2D eigenvalue weighted by atomic mass is 16.5. The van der Waals surface area contributed by atoms with Gasteiger partial charge in [-0.05, 0) is 6.07 Å². The molecular formula is C12H9N3O3. The van der Waals surface area contributed by atoms with E-state index in [-0.39, 0.29) is 5.76 Å². The second kappa shape index (κ2) is 3.69. The zero-order chi connectivity index (χ0) is 12.7. The van der Waals surface area contributed by atoms with Gasteiger partial charge in [0, 0.05) is 18.7 Å². The number of rotatable bonds is 2. The van der Waals surface area contributed by atoms with Crippen LogP contribution in [-0.4, -0.2) is 25.8 Å². The highest BCUT2D eigenvalue weighted by molar-refractivity contribution is 5.92. The van der Waals surface area contributed by atoms with Crippen molar-refractivity contribution in [2.24, 2.45) is 7.05 Å². The summed E-state index contributed by atoms with van der Waals surface area (Å²) in [7, 11) is 1.89. The second-order valence-electron chi connectivity index (χ2n) is 3.91. The Balaban J connectivity index is 2.21. The third-order valence-electron chi connectivity index (χ3n) is 2.75. The number of imidazole rings is 1. The molecular weight excluding hydrogens is 234 g/mol. The predicted molar refractivity (Wildman–Crippen MR) is 63.2 cm³/mol. The first kappa shape index (κ1) is 10.5. The number of aromatic nitrogens is 3. The summed E-state index contributed by atoms with van der Waals surface area (Å²) in [4.78, 5) is 15.0. The van der Waals surface area contributed by atoms with Crippen LogP contribution in [0.4, 0.5) is 0 Å². The van der Waals surface area contributed by atoms with Crippen molar-refractivity contribution in [3.63, 3.8) is 0 Å². The summed E-state index contributed by atoms with van der Waals surface area (Å²) in [6, 6.07) is 7.03. The molecule has 0 amide bonds. The van der Waals surface area contributed by atoms with Crippen LogP contribution < -0.4 is 0 Å². The highest BCUT2D eigenvalue weighted by Crippen LogP contribution is 2.26. The third kappa shape index (κ3) is 1.46. The van der Waals surface area contributed by atoms with E-state index in [0.717, 1.165) is 16.6 Å². The number of benzene rings is 1. The molecule has 0 saturated carbocycles. The average molecular weight is 243 g/mol. The minimum atomic E-state index is -1.14. The molecule has 90 valence electrons. The van der Waals surface area contributed by atoms with Gasteiger partial charge in [-0.25, -0.2) is 9.78 Å². The van der Waals surface area contributed by atoms with Crippen molar-refractivity contribution < 1.29 is 14.4 Å². The fraction of sp³-hybridized carbons (Fsp3) is 0.0833. The van der Waals surface area contributed by atoms with Crippen LogP contribution in [-0.2, 0) is 7.05 Å². The van der Waals surface area contributed by atoms with Crippen molar-refractivity contribution in [3.8, 4) is 11.3 Å². The minimum absolute atomic E-state index is 0.182. The molecule has 0 atom stereocenters. The lowest BCUT2D eigenvalue weighted by molar-refractivity contribution is 0.0652. The lowest BCUT2D eigenvalue weighted by Gasteiger charge is -1.98. The van der Waals surface area contributed by atoms with Gasteiger partial charge in [0.15, 0.2) is 0 Å². The monoisotopic (exact) mass is 243 g/mol. The standard InChI is InChI=1S/C12H9N3O3/c1-15-6-13-11-7(3-2-4-9(11)15)8-5-10(12(16)17)18-14-8/h2-6H,1H3,(H,16,17). The molecule has 0 radical (unpaired) electrons. The Kier molecular flexibility index (Phi) is 2.16. The summed E-state index contributed by atoms with van der Waals surface area (Å²) in [6.07, 6.45) is 1.70. The molecule has 0 fully saturated rings. The Morgan fingerprint density at radius 1 is 1.44 bits per heavy atom. The molecule has 3 aromatic rings.